The molecule has 1 unspecified atom stereocenters. The van der Waals surface area contributed by atoms with E-state index in [-0.39, 0.29) is 5.91 Å². The molecule has 0 spiro atoms. The van der Waals surface area contributed by atoms with Gasteiger partial charge in [0.25, 0.3) is 0 Å². The largest absolute Gasteiger partial charge is 0.479 e. The summed E-state index contributed by atoms with van der Waals surface area (Å²) in [5.41, 5.74) is 0.885. The first-order valence-corrected chi connectivity index (χ1v) is 4.94. The fourth-order valence-corrected chi connectivity index (χ4v) is 2.09. The fourth-order valence-electron chi connectivity index (χ4n) is 1.12. The molecule has 0 saturated heterocycles. The normalized spacial score (nSPS) is 12.1. The monoisotopic (exact) mass is 213 g/mol. The molecule has 5 heteroatoms. The topological polar surface area (TPSA) is 66.4 Å². The highest BCUT2D eigenvalue weighted by atomic mass is 32.1. The molecular formula is C9H11NO3S. The molecule has 0 aliphatic heterocycles. The van der Waals surface area contributed by atoms with Crippen LogP contribution in [0.5, 0.6) is 0 Å². The zero-order chi connectivity index (χ0) is 10.7. The molecule has 76 valence electrons. The summed E-state index contributed by atoms with van der Waals surface area (Å²) in [5, 5.41) is 13.1. The molecule has 1 heterocycles. The quantitative estimate of drug-likeness (QED) is 0.795. The molecule has 1 rings (SSSR count). The van der Waals surface area contributed by atoms with Crippen LogP contribution in [0.1, 0.15) is 23.4 Å². The van der Waals surface area contributed by atoms with Gasteiger partial charge >= 0.3 is 5.97 Å². The Hall–Kier alpha value is -1.36. The molecule has 0 aromatic carbocycles. The second kappa shape index (κ2) is 4.23. The number of amides is 1. The Morgan fingerprint density at radius 2 is 2.21 bits per heavy atom. The number of aryl methyl sites for hydroxylation is 1. The minimum absolute atomic E-state index is 0.342. The summed E-state index contributed by atoms with van der Waals surface area (Å²) in [6.45, 7) is 3.13. The van der Waals surface area contributed by atoms with Crippen molar-refractivity contribution in [1.82, 2.24) is 5.32 Å². The van der Waals surface area contributed by atoms with E-state index in [4.69, 9.17) is 5.11 Å². The minimum Gasteiger partial charge on any atom is -0.479 e. The first-order valence-electron chi connectivity index (χ1n) is 4.06. The van der Waals surface area contributed by atoms with E-state index >= 15 is 0 Å². The number of hydrogen-bond acceptors (Lipinski definition) is 3. The van der Waals surface area contributed by atoms with Crippen molar-refractivity contribution in [2.45, 2.75) is 19.9 Å². The van der Waals surface area contributed by atoms with Crippen LogP contribution in [-0.4, -0.2) is 17.0 Å². The Bertz CT molecular complexity index is 359. The molecule has 1 aromatic rings. The number of carboxylic acids is 1. The maximum atomic E-state index is 10.9. The molecule has 0 radical (unpaired) electrons. The number of nitrogens with one attached hydrogen (secondary N) is 1. The lowest BCUT2D eigenvalue weighted by Crippen LogP contribution is -2.31. The van der Waals surface area contributed by atoms with Gasteiger partial charge in [-0.25, -0.2) is 4.79 Å². The van der Waals surface area contributed by atoms with Crippen LogP contribution in [0.15, 0.2) is 11.4 Å². The predicted molar refractivity (Wildman–Crippen MR) is 53.2 cm³/mol. The van der Waals surface area contributed by atoms with Gasteiger partial charge in [0.1, 0.15) is 0 Å². The molecule has 0 bridgehead atoms. The van der Waals surface area contributed by atoms with Crippen LogP contribution >= 0.6 is 11.3 Å². The highest BCUT2D eigenvalue weighted by Gasteiger charge is 2.23. The van der Waals surface area contributed by atoms with Crippen molar-refractivity contribution in [2.75, 3.05) is 0 Å². The van der Waals surface area contributed by atoms with Gasteiger partial charge in [0.2, 0.25) is 5.91 Å². The summed E-state index contributed by atoms with van der Waals surface area (Å²) in [5.74, 6) is -1.38. The predicted octanol–water partition coefficient (Wildman–Crippen LogP) is 1.32. The third-order valence-corrected chi connectivity index (χ3v) is 2.84. The van der Waals surface area contributed by atoms with Crippen LogP contribution < -0.4 is 5.32 Å². The van der Waals surface area contributed by atoms with Gasteiger partial charge in [0.05, 0.1) is 0 Å². The van der Waals surface area contributed by atoms with Crippen molar-refractivity contribution in [1.29, 1.82) is 0 Å². The zero-order valence-corrected chi connectivity index (χ0v) is 8.72. The van der Waals surface area contributed by atoms with Gasteiger partial charge in [-0.2, -0.15) is 0 Å². The average molecular weight is 213 g/mol. The molecule has 2 N–H and O–H groups in total. The van der Waals surface area contributed by atoms with E-state index in [1.807, 2.05) is 18.4 Å². The van der Waals surface area contributed by atoms with Crippen molar-refractivity contribution >= 4 is 23.2 Å². The lowest BCUT2D eigenvalue weighted by molar-refractivity contribution is -0.141. The molecular weight excluding hydrogens is 202 g/mol. The molecule has 1 aromatic heterocycles. The van der Waals surface area contributed by atoms with Crippen LogP contribution in [0.25, 0.3) is 0 Å². The van der Waals surface area contributed by atoms with E-state index in [0.717, 1.165) is 5.56 Å². The number of aliphatic carboxylic acids is 1. The van der Waals surface area contributed by atoms with Gasteiger partial charge in [0, 0.05) is 11.8 Å². The van der Waals surface area contributed by atoms with E-state index in [2.05, 4.69) is 5.32 Å². The van der Waals surface area contributed by atoms with Crippen molar-refractivity contribution in [3.8, 4) is 0 Å². The third kappa shape index (κ3) is 2.32. The Balaban J connectivity index is 2.94. The number of carboxylic acid groups (broad SMARTS) is 1. The summed E-state index contributed by atoms with van der Waals surface area (Å²) < 4.78 is 0. The highest BCUT2D eigenvalue weighted by Crippen LogP contribution is 2.23. The minimum atomic E-state index is -1.04. The molecule has 0 fully saturated rings. The second-order valence-corrected chi connectivity index (χ2v) is 3.89. The van der Waals surface area contributed by atoms with Gasteiger partial charge < -0.3 is 10.4 Å². The first-order chi connectivity index (χ1) is 6.52. The Morgan fingerprint density at radius 1 is 1.57 bits per heavy atom. The summed E-state index contributed by atoms with van der Waals surface area (Å²) in [6.07, 6.45) is 0. The van der Waals surface area contributed by atoms with Crippen molar-refractivity contribution in [2.24, 2.45) is 0 Å². The summed E-state index contributed by atoms with van der Waals surface area (Å²) in [7, 11) is 0. The number of carbonyl (C=O) groups excluding carboxylic acids is 1. The fraction of sp³-hybridized carbons (Fsp3) is 0.333. The Kier molecular flexibility index (Phi) is 3.24. The third-order valence-electron chi connectivity index (χ3n) is 1.76. The maximum absolute atomic E-state index is 10.9. The highest BCUT2D eigenvalue weighted by molar-refractivity contribution is 7.10. The standard InChI is InChI=1S/C9H11NO3S/c1-5-3-4-14-8(5)7(9(12)13)10-6(2)11/h3-4,7H,1-2H3,(H,10,11)(H,12,13). The lowest BCUT2D eigenvalue weighted by Gasteiger charge is -2.12. The molecule has 1 atom stereocenters. The Morgan fingerprint density at radius 3 is 2.57 bits per heavy atom. The zero-order valence-electron chi connectivity index (χ0n) is 7.90. The van der Waals surface area contributed by atoms with E-state index in [9.17, 15) is 9.59 Å². The van der Waals surface area contributed by atoms with Crippen LogP contribution in [-0.2, 0) is 9.59 Å². The molecule has 0 aliphatic carbocycles. The number of rotatable bonds is 3. The number of carbonyl (C=O) groups is 2. The first kappa shape index (κ1) is 10.7. The molecule has 4 nitrogen and oxygen atoms in total. The van der Waals surface area contributed by atoms with E-state index in [1.165, 1.54) is 18.3 Å². The van der Waals surface area contributed by atoms with Gasteiger partial charge in [-0.1, -0.05) is 0 Å². The summed E-state index contributed by atoms with van der Waals surface area (Å²) in [6, 6.07) is 0.907. The Labute approximate surface area is 85.6 Å². The summed E-state index contributed by atoms with van der Waals surface area (Å²) in [4.78, 5) is 22.3. The van der Waals surface area contributed by atoms with Gasteiger partial charge in [-0.3, -0.25) is 4.79 Å². The van der Waals surface area contributed by atoms with E-state index < -0.39 is 12.0 Å². The molecule has 0 saturated carbocycles. The maximum Gasteiger partial charge on any atom is 0.331 e. The van der Waals surface area contributed by atoms with E-state index in [1.54, 1.807) is 0 Å². The average Bonchev–Trinajstić information content (AvgIpc) is 2.46. The van der Waals surface area contributed by atoms with Crippen LogP contribution in [0.2, 0.25) is 0 Å². The lowest BCUT2D eigenvalue weighted by atomic mass is 10.1. The SMILES string of the molecule is CC(=O)NC(C(=O)O)c1sccc1C. The number of hydrogen-bond donors (Lipinski definition) is 2. The van der Waals surface area contributed by atoms with Gasteiger partial charge in [0.15, 0.2) is 6.04 Å². The van der Waals surface area contributed by atoms with Gasteiger partial charge in [-0.15, -0.1) is 11.3 Å². The molecule has 0 aliphatic rings. The number of thiophene rings is 1. The van der Waals surface area contributed by atoms with Crippen molar-refractivity contribution in [3.05, 3.63) is 21.9 Å². The smallest absolute Gasteiger partial charge is 0.331 e. The summed E-state index contributed by atoms with van der Waals surface area (Å²) >= 11 is 1.33. The van der Waals surface area contributed by atoms with Crippen molar-refractivity contribution in [3.63, 3.8) is 0 Å². The molecule has 1 amide bonds. The second-order valence-electron chi connectivity index (χ2n) is 2.94. The van der Waals surface area contributed by atoms with Gasteiger partial charge in [-0.05, 0) is 23.9 Å². The van der Waals surface area contributed by atoms with E-state index in [0.29, 0.717) is 4.88 Å². The van der Waals surface area contributed by atoms with Crippen LogP contribution in [0.4, 0.5) is 0 Å². The van der Waals surface area contributed by atoms with Crippen molar-refractivity contribution < 1.29 is 14.7 Å². The van der Waals surface area contributed by atoms with Crippen LogP contribution in [0.3, 0.4) is 0 Å². The molecule has 14 heavy (non-hydrogen) atoms. The van der Waals surface area contributed by atoms with Crippen LogP contribution in [0, 0.1) is 6.92 Å².